The molecule has 0 aromatic heterocycles. The van der Waals surface area contributed by atoms with Gasteiger partial charge in [-0.1, -0.05) is 12.7 Å². The van der Waals surface area contributed by atoms with Crippen LogP contribution in [0.15, 0.2) is 24.9 Å². The summed E-state index contributed by atoms with van der Waals surface area (Å²) in [7, 11) is 0. The second-order valence-electron chi connectivity index (χ2n) is 0.879. The van der Waals surface area contributed by atoms with Gasteiger partial charge in [-0.05, 0) is 6.08 Å². The maximum atomic E-state index is 9.48. The van der Waals surface area contributed by atoms with Gasteiger partial charge in [-0.2, -0.15) is 0 Å². The van der Waals surface area contributed by atoms with Crippen LogP contribution in [-0.2, 0) is 4.79 Å². The van der Waals surface area contributed by atoms with Crippen molar-refractivity contribution >= 4 is 6.41 Å². The largest absolute Gasteiger partial charge is 0.335 e. The third-order valence-corrected chi connectivity index (χ3v) is 0.397. The number of amides is 1. The van der Waals surface area contributed by atoms with Crippen LogP contribution in [0.1, 0.15) is 0 Å². The lowest BCUT2D eigenvalue weighted by molar-refractivity contribution is -0.108. The average Bonchev–Trinajstić information content (AvgIpc) is 1.69. The van der Waals surface area contributed by atoms with Crippen LogP contribution in [0.2, 0.25) is 0 Å². The molecule has 2 heteroatoms. The molecule has 0 aliphatic rings. The molecular formula is C5H7NO. The van der Waals surface area contributed by atoms with Crippen LogP contribution in [0.4, 0.5) is 0 Å². The van der Waals surface area contributed by atoms with Gasteiger partial charge in [0.25, 0.3) is 0 Å². The second-order valence-corrected chi connectivity index (χ2v) is 0.879. The average molecular weight is 97.1 g/mol. The maximum Gasteiger partial charge on any atom is 0.211 e. The molecular weight excluding hydrogens is 90.1 g/mol. The van der Waals surface area contributed by atoms with Crippen LogP contribution in [0, 0.1) is 0 Å². The zero-order valence-electron chi connectivity index (χ0n) is 3.92. The van der Waals surface area contributed by atoms with E-state index in [1.807, 2.05) is 0 Å². The predicted molar refractivity (Wildman–Crippen MR) is 28.5 cm³/mol. The summed E-state index contributed by atoms with van der Waals surface area (Å²) in [6.07, 6.45) is 5.31. The van der Waals surface area contributed by atoms with Gasteiger partial charge in [0.2, 0.25) is 6.41 Å². The van der Waals surface area contributed by atoms with Crippen LogP contribution in [0.3, 0.4) is 0 Å². The highest BCUT2D eigenvalue weighted by atomic mass is 16.1. The molecule has 0 aromatic carbocycles. The number of hydrogen-bond donors (Lipinski definition) is 1. The lowest BCUT2D eigenvalue weighted by Crippen LogP contribution is -1.97. The highest BCUT2D eigenvalue weighted by Gasteiger charge is 1.58. The Labute approximate surface area is 42.5 Å². The van der Waals surface area contributed by atoms with E-state index in [4.69, 9.17) is 0 Å². The van der Waals surface area contributed by atoms with E-state index >= 15 is 0 Å². The van der Waals surface area contributed by atoms with Gasteiger partial charge in [-0.3, -0.25) is 4.79 Å². The highest BCUT2D eigenvalue weighted by Crippen LogP contribution is 1.62. The van der Waals surface area contributed by atoms with E-state index in [0.29, 0.717) is 6.41 Å². The molecule has 0 aliphatic carbocycles. The molecule has 0 aromatic rings. The summed E-state index contributed by atoms with van der Waals surface area (Å²) in [6.45, 7) is 3.39. The smallest absolute Gasteiger partial charge is 0.211 e. The van der Waals surface area contributed by atoms with Gasteiger partial charge in [0.15, 0.2) is 0 Å². The molecule has 2 nitrogen and oxygen atoms in total. The molecule has 1 amide bonds. The number of nitrogens with one attached hydrogen (secondary N) is 1. The summed E-state index contributed by atoms with van der Waals surface area (Å²) >= 11 is 0. The van der Waals surface area contributed by atoms with Gasteiger partial charge < -0.3 is 5.32 Å². The zero-order valence-corrected chi connectivity index (χ0v) is 3.92. The first-order valence-electron chi connectivity index (χ1n) is 1.89. The lowest BCUT2D eigenvalue weighted by Gasteiger charge is -1.75. The molecule has 0 saturated carbocycles. The van der Waals surface area contributed by atoms with E-state index < -0.39 is 0 Å². The van der Waals surface area contributed by atoms with Crippen molar-refractivity contribution in [2.24, 2.45) is 0 Å². The Hall–Kier alpha value is -1.05. The molecule has 38 valence electrons. The third-order valence-electron chi connectivity index (χ3n) is 0.397. The minimum absolute atomic E-state index is 0.597. The monoisotopic (exact) mass is 97.1 g/mol. The molecule has 0 radical (unpaired) electrons. The third kappa shape index (κ3) is 4.95. The maximum absolute atomic E-state index is 9.48. The van der Waals surface area contributed by atoms with E-state index in [1.165, 1.54) is 6.20 Å². The van der Waals surface area contributed by atoms with Crippen LogP contribution in [0.25, 0.3) is 0 Å². The number of carbonyl (C=O) groups is 1. The number of allylic oxidation sites excluding steroid dienone is 2. The number of hydrogen-bond acceptors (Lipinski definition) is 1. The van der Waals surface area contributed by atoms with Gasteiger partial charge in [0.1, 0.15) is 0 Å². The molecule has 0 unspecified atom stereocenters. The van der Waals surface area contributed by atoms with Gasteiger partial charge in [0, 0.05) is 6.20 Å². The minimum Gasteiger partial charge on any atom is -0.335 e. The lowest BCUT2D eigenvalue weighted by atomic mass is 10.6. The zero-order chi connectivity index (χ0) is 5.54. The van der Waals surface area contributed by atoms with Crippen LogP contribution < -0.4 is 5.32 Å². The summed E-state index contributed by atoms with van der Waals surface area (Å²) in [6, 6.07) is 0. The van der Waals surface area contributed by atoms with Crippen molar-refractivity contribution in [2.75, 3.05) is 0 Å². The van der Waals surface area contributed by atoms with Crippen molar-refractivity contribution in [2.45, 2.75) is 0 Å². The molecule has 0 bridgehead atoms. The van der Waals surface area contributed by atoms with Gasteiger partial charge in [-0.15, -0.1) is 0 Å². The Bertz CT molecular complexity index is 86.1. The number of rotatable bonds is 3. The SMILES string of the molecule is C=C/C=C\NC=O. The topological polar surface area (TPSA) is 29.1 Å². The minimum atomic E-state index is 0.597. The van der Waals surface area contributed by atoms with Crippen molar-refractivity contribution in [1.82, 2.24) is 5.32 Å². The van der Waals surface area contributed by atoms with E-state index in [2.05, 4.69) is 11.9 Å². The first-order valence-corrected chi connectivity index (χ1v) is 1.89. The highest BCUT2D eigenvalue weighted by molar-refractivity contribution is 5.47. The molecule has 1 N–H and O–H groups in total. The Morgan fingerprint density at radius 3 is 2.71 bits per heavy atom. The standard InChI is InChI=1S/C5H7NO/c1-2-3-4-6-5-7/h2-5H,1H2,(H,6,7)/b4-3-. The number of carbonyl (C=O) groups excluding carboxylic acids is 1. The Morgan fingerprint density at radius 2 is 2.29 bits per heavy atom. The van der Waals surface area contributed by atoms with Gasteiger partial charge >= 0.3 is 0 Å². The van der Waals surface area contributed by atoms with Crippen molar-refractivity contribution in [3.63, 3.8) is 0 Å². The molecule has 0 saturated heterocycles. The van der Waals surface area contributed by atoms with E-state index in [9.17, 15) is 4.79 Å². The van der Waals surface area contributed by atoms with E-state index in [-0.39, 0.29) is 0 Å². The molecule has 0 heterocycles. The first-order chi connectivity index (χ1) is 3.41. The predicted octanol–water partition coefficient (Wildman–Crippen LogP) is 0.432. The molecule has 0 fully saturated rings. The van der Waals surface area contributed by atoms with Crippen LogP contribution in [0.5, 0.6) is 0 Å². The van der Waals surface area contributed by atoms with E-state index in [1.54, 1.807) is 12.2 Å². The van der Waals surface area contributed by atoms with Gasteiger partial charge in [-0.25, -0.2) is 0 Å². The van der Waals surface area contributed by atoms with Crippen molar-refractivity contribution in [3.05, 3.63) is 24.9 Å². The summed E-state index contributed by atoms with van der Waals surface area (Å²) in [5.74, 6) is 0. The van der Waals surface area contributed by atoms with Crippen molar-refractivity contribution < 1.29 is 4.79 Å². The Balaban J connectivity index is 3.08. The normalized spacial score (nSPS) is 8.57. The van der Waals surface area contributed by atoms with E-state index in [0.717, 1.165) is 0 Å². The molecule has 7 heavy (non-hydrogen) atoms. The molecule has 0 atom stereocenters. The van der Waals surface area contributed by atoms with Crippen molar-refractivity contribution in [3.8, 4) is 0 Å². The molecule has 0 rings (SSSR count). The molecule has 0 spiro atoms. The Kier molecular flexibility index (Phi) is 4.21. The van der Waals surface area contributed by atoms with Crippen LogP contribution >= 0.6 is 0 Å². The summed E-state index contributed by atoms with van der Waals surface area (Å²) in [5, 5.41) is 2.32. The van der Waals surface area contributed by atoms with Gasteiger partial charge in [0.05, 0.1) is 0 Å². The summed E-state index contributed by atoms with van der Waals surface area (Å²) < 4.78 is 0. The first kappa shape index (κ1) is 5.95. The van der Waals surface area contributed by atoms with Crippen LogP contribution in [-0.4, -0.2) is 6.41 Å². The fourth-order valence-electron chi connectivity index (χ4n) is 0.163. The second kappa shape index (κ2) is 4.95. The quantitative estimate of drug-likeness (QED) is 0.401. The Morgan fingerprint density at radius 1 is 1.57 bits per heavy atom. The summed E-state index contributed by atoms with van der Waals surface area (Å²) in [4.78, 5) is 9.48. The fraction of sp³-hybridized carbons (Fsp3) is 0. The van der Waals surface area contributed by atoms with Crippen molar-refractivity contribution in [1.29, 1.82) is 0 Å². The fourth-order valence-corrected chi connectivity index (χ4v) is 0.163. The molecule has 0 aliphatic heterocycles. The summed E-state index contributed by atoms with van der Waals surface area (Å²) in [5.41, 5.74) is 0.